The summed E-state index contributed by atoms with van der Waals surface area (Å²) in [6.07, 6.45) is 2.91. The summed E-state index contributed by atoms with van der Waals surface area (Å²) >= 11 is 0. The predicted octanol–water partition coefficient (Wildman–Crippen LogP) is 4.55. The average molecular weight is 431 g/mol. The highest BCUT2D eigenvalue weighted by molar-refractivity contribution is 6.07. The Morgan fingerprint density at radius 1 is 0.844 bits per heavy atom. The van der Waals surface area contributed by atoms with Crippen molar-refractivity contribution in [3.8, 4) is 5.75 Å². The molecule has 1 saturated heterocycles. The third-order valence-electron chi connectivity index (χ3n) is 5.98. The number of benzene rings is 3. The number of rotatable bonds is 6. The van der Waals surface area contributed by atoms with Gasteiger partial charge in [-0.05, 0) is 47.4 Å². The van der Waals surface area contributed by atoms with Crippen molar-refractivity contribution >= 4 is 22.6 Å². The molecule has 4 rings (SSSR count). The fourth-order valence-electron chi connectivity index (χ4n) is 4.23. The van der Waals surface area contributed by atoms with E-state index in [4.69, 9.17) is 4.74 Å². The normalized spacial score (nSPS) is 14.3. The second kappa shape index (κ2) is 10.3. The summed E-state index contributed by atoms with van der Waals surface area (Å²) in [4.78, 5) is 29.6. The van der Waals surface area contributed by atoms with Crippen molar-refractivity contribution in [3.05, 3.63) is 77.9 Å². The molecule has 5 heteroatoms. The maximum absolute atomic E-state index is 13.2. The number of nitrogens with zero attached hydrogens (tertiary/aromatic N) is 2. The highest BCUT2D eigenvalue weighted by Crippen LogP contribution is 2.21. The molecular weight excluding hydrogens is 400 g/mol. The van der Waals surface area contributed by atoms with Crippen molar-refractivity contribution in [2.75, 3.05) is 32.8 Å². The second-order valence-electron chi connectivity index (χ2n) is 8.24. The Morgan fingerprint density at radius 3 is 2.38 bits per heavy atom. The van der Waals surface area contributed by atoms with Crippen molar-refractivity contribution < 1.29 is 14.3 Å². The van der Waals surface area contributed by atoms with Crippen LogP contribution in [0.3, 0.4) is 0 Å². The summed E-state index contributed by atoms with van der Waals surface area (Å²) in [5.74, 6) is 0.697. The van der Waals surface area contributed by atoms with Gasteiger partial charge in [0.2, 0.25) is 0 Å². The zero-order valence-corrected chi connectivity index (χ0v) is 18.6. The van der Waals surface area contributed by atoms with Crippen LogP contribution in [0.2, 0.25) is 0 Å². The van der Waals surface area contributed by atoms with Crippen LogP contribution in [0.25, 0.3) is 10.8 Å². The first-order chi connectivity index (χ1) is 15.7. The molecule has 1 fully saturated rings. The van der Waals surface area contributed by atoms with Crippen molar-refractivity contribution in [1.82, 2.24) is 9.80 Å². The van der Waals surface area contributed by atoms with E-state index in [-0.39, 0.29) is 18.4 Å². The lowest BCUT2D eigenvalue weighted by atomic mass is 10.0. The highest BCUT2D eigenvalue weighted by Gasteiger charge is 2.24. The van der Waals surface area contributed by atoms with Gasteiger partial charge in [0.1, 0.15) is 5.75 Å². The predicted molar refractivity (Wildman–Crippen MR) is 127 cm³/mol. The van der Waals surface area contributed by atoms with Gasteiger partial charge in [-0.3, -0.25) is 9.59 Å². The molecule has 5 nitrogen and oxygen atoms in total. The quantitative estimate of drug-likeness (QED) is 0.577. The largest absolute Gasteiger partial charge is 0.484 e. The summed E-state index contributed by atoms with van der Waals surface area (Å²) in [7, 11) is 0. The van der Waals surface area contributed by atoms with Crippen LogP contribution in [-0.4, -0.2) is 54.4 Å². The van der Waals surface area contributed by atoms with E-state index in [2.05, 4.69) is 6.92 Å². The Hall–Kier alpha value is -3.34. The lowest BCUT2D eigenvalue weighted by Gasteiger charge is -2.23. The van der Waals surface area contributed by atoms with Crippen LogP contribution >= 0.6 is 0 Å². The molecule has 0 bridgehead atoms. The average Bonchev–Trinajstić information content (AvgIpc) is 3.09. The minimum absolute atomic E-state index is 0.0182. The van der Waals surface area contributed by atoms with E-state index in [1.54, 1.807) is 0 Å². The number of carbonyl (C=O) groups excluding carboxylic acids is 2. The maximum Gasteiger partial charge on any atom is 0.260 e. The topological polar surface area (TPSA) is 49.9 Å². The van der Waals surface area contributed by atoms with Crippen molar-refractivity contribution in [2.24, 2.45) is 0 Å². The lowest BCUT2D eigenvalue weighted by molar-refractivity contribution is -0.133. The van der Waals surface area contributed by atoms with Gasteiger partial charge in [-0.15, -0.1) is 0 Å². The monoisotopic (exact) mass is 430 g/mol. The zero-order valence-electron chi connectivity index (χ0n) is 18.6. The number of hydrogen-bond donors (Lipinski definition) is 0. The number of hydrogen-bond acceptors (Lipinski definition) is 3. The van der Waals surface area contributed by atoms with Gasteiger partial charge < -0.3 is 14.5 Å². The molecule has 0 aliphatic carbocycles. The lowest BCUT2D eigenvalue weighted by Crippen LogP contribution is -2.39. The van der Waals surface area contributed by atoms with E-state index in [0.29, 0.717) is 31.9 Å². The van der Waals surface area contributed by atoms with Crippen molar-refractivity contribution in [3.63, 3.8) is 0 Å². The number of amides is 2. The molecule has 0 aromatic heterocycles. The Balaban J connectivity index is 1.34. The van der Waals surface area contributed by atoms with Crippen LogP contribution in [0.4, 0.5) is 0 Å². The van der Waals surface area contributed by atoms with Gasteiger partial charge in [0.25, 0.3) is 11.8 Å². The van der Waals surface area contributed by atoms with Crippen LogP contribution in [0, 0.1) is 0 Å². The molecular formula is C27H30N2O3. The summed E-state index contributed by atoms with van der Waals surface area (Å²) in [5.41, 5.74) is 1.99. The molecule has 0 spiro atoms. The molecule has 0 atom stereocenters. The highest BCUT2D eigenvalue weighted by atomic mass is 16.5. The zero-order chi connectivity index (χ0) is 22.3. The van der Waals surface area contributed by atoms with E-state index in [0.717, 1.165) is 35.6 Å². The van der Waals surface area contributed by atoms with Gasteiger partial charge in [-0.25, -0.2) is 0 Å². The molecule has 2 amide bonds. The van der Waals surface area contributed by atoms with Gasteiger partial charge in [-0.2, -0.15) is 0 Å². The third-order valence-corrected chi connectivity index (χ3v) is 5.98. The summed E-state index contributed by atoms with van der Waals surface area (Å²) in [6, 6.07) is 21.7. The number of carbonyl (C=O) groups is 2. The van der Waals surface area contributed by atoms with E-state index >= 15 is 0 Å². The smallest absolute Gasteiger partial charge is 0.260 e. The first-order valence-electron chi connectivity index (χ1n) is 11.4. The van der Waals surface area contributed by atoms with Gasteiger partial charge in [-0.1, -0.05) is 61.9 Å². The number of aryl methyl sites for hydroxylation is 1. The molecule has 3 aromatic rings. The molecule has 0 radical (unpaired) electrons. The standard InChI is InChI=1S/C27H30N2O3/c1-2-7-21-12-14-23(15-13-21)32-20-26(30)28-16-6-17-29(19-18-28)27(31)25-11-5-9-22-8-3-4-10-24(22)25/h3-5,8-15H,2,6-7,16-20H2,1H3. The third kappa shape index (κ3) is 5.10. The summed E-state index contributed by atoms with van der Waals surface area (Å²) < 4.78 is 5.72. The van der Waals surface area contributed by atoms with Crippen LogP contribution < -0.4 is 4.74 Å². The van der Waals surface area contributed by atoms with E-state index in [1.165, 1.54) is 5.56 Å². The van der Waals surface area contributed by atoms with Crippen LogP contribution in [0.15, 0.2) is 66.7 Å². The molecule has 0 unspecified atom stereocenters. The fourth-order valence-corrected chi connectivity index (χ4v) is 4.23. The molecule has 166 valence electrons. The Bertz CT molecular complexity index is 1070. The number of fused-ring (bicyclic) bond motifs is 1. The second-order valence-corrected chi connectivity index (χ2v) is 8.24. The maximum atomic E-state index is 13.2. The van der Waals surface area contributed by atoms with Gasteiger partial charge in [0.15, 0.2) is 6.61 Å². The van der Waals surface area contributed by atoms with E-state index < -0.39 is 0 Å². The number of ether oxygens (including phenoxy) is 1. The molecule has 1 heterocycles. The molecule has 3 aromatic carbocycles. The minimum atomic E-state index is -0.0397. The van der Waals surface area contributed by atoms with E-state index in [9.17, 15) is 9.59 Å². The first kappa shape index (κ1) is 21.9. The summed E-state index contributed by atoms with van der Waals surface area (Å²) in [6.45, 7) is 4.50. The Kier molecular flexibility index (Phi) is 7.05. The van der Waals surface area contributed by atoms with Crippen molar-refractivity contribution in [2.45, 2.75) is 26.2 Å². The molecule has 1 aliphatic rings. The van der Waals surface area contributed by atoms with Crippen LogP contribution in [0.5, 0.6) is 5.75 Å². The van der Waals surface area contributed by atoms with Crippen LogP contribution in [-0.2, 0) is 11.2 Å². The SMILES string of the molecule is CCCc1ccc(OCC(=O)N2CCCN(C(=O)c3cccc4ccccc34)CC2)cc1. The molecule has 1 aliphatic heterocycles. The van der Waals surface area contributed by atoms with E-state index in [1.807, 2.05) is 76.5 Å². The first-order valence-corrected chi connectivity index (χ1v) is 11.4. The molecule has 32 heavy (non-hydrogen) atoms. The van der Waals surface area contributed by atoms with Crippen molar-refractivity contribution in [1.29, 1.82) is 0 Å². The van der Waals surface area contributed by atoms with Gasteiger partial charge >= 0.3 is 0 Å². The summed E-state index contributed by atoms with van der Waals surface area (Å²) in [5, 5.41) is 2.03. The van der Waals surface area contributed by atoms with Gasteiger partial charge in [0.05, 0.1) is 0 Å². The molecule has 0 saturated carbocycles. The minimum Gasteiger partial charge on any atom is -0.484 e. The Morgan fingerprint density at radius 2 is 1.56 bits per heavy atom. The Labute approximate surface area is 189 Å². The fraction of sp³-hybridized carbons (Fsp3) is 0.333. The van der Waals surface area contributed by atoms with Crippen LogP contribution in [0.1, 0.15) is 35.7 Å². The van der Waals surface area contributed by atoms with Gasteiger partial charge in [0, 0.05) is 31.7 Å². The molecule has 0 N–H and O–H groups in total.